The molecule has 2 heterocycles. The maximum absolute atomic E-state index is 12.6. The molecule has 2 aliphatic heterocycles. The number of carbonyl (C=O) groups is 1. The molecule has 2 saturated heterocycles. The summed E-state index contributed by atoms with van der Waals surface area (Å²) in [6, 6.07) is 8.37. The van der Waals surface area contributed by atoms with Crippen LogP contribution in [-0.4, -0.2) is 50.6 Å². The van der Waals surface area contributed by atoms with Crippen LogP contribution in [0.5, 0.6) is 5.75 Å². The monoisotopic (exact) mass is 417 g/mol. The minimum atomic E-state index is 0. The Morgan fingerprint density at radius 1 is 1.22 bits per heavy atom. The lowest BCUT2D eigenvalue weighted by Gasteiger charge is -2.36. The van der Waals surface area contributed by atoms with Crippen LogP contribution in [0.25, 0.3) is 0 Å². The summed E-state index contributed by atoms with van der Waals surface area (Å²) < 4.78 is 5.59. The van der Waals surface area contributed by atoms with E-state index in [9.17, 15) is 4.79 Å². The van der Waals surface area contributed by atoms with Crippen LogP contribution in [0.3, 0.4) is 0 Å². The highest BCUT2D eigenvalue weighted by Gasteiger charge is 2.30. The summed E-state index contributed by atoms with van der Waals surface area (Å²) in [6.07, 6.45) is 3.75. The zero-order valence-corrected chi connectivity index (χ0v) is 17.9. The van der Waals surface area contributed by atoms with Crippen LogP contribution in [0.15, 0.2) is 24.3 Å². The molecule has 1 aromatic rings. The van der Waals surface area contributed by atoms with Crippen LogP contribution in [0.2, 0.25) is 0 Å². The number of nitrogens with zero attached hydrogens (tertiary/aromatic N) is 1. The Bertz CT molecular complexity index is 578. The molecule has 7 heteroatoms. The first-order valence-electron chi connectivity index (χ1n) is 9.56. The molecule has 2 atom stereocenters. The fourth-order valence-electron chi connectivity index (χ4n) is 3.84. The number of hydrogen-bond donors (Lipinski definition) is 2. The number of ether oxygens (including phenoxy) is 1. The van der Waals surface area contributed by atoms with Gasteiger partial charge in [-0.25, -0.2) is 0 Å². The molecule has 0 aliphatic carbocycles. The van der Waals surface area contributed by atoms with E-state index in [2.05, 4.69) is 27.7 Å². The fraction of sp³-hybridized carbons (Fsp3) is 0.650. The predicted octanol–water partition coefficient (Wildman–Crippen LogP) is 3.04. The Balaban J connectivity index is 0.00000182. The second kappa shape index (κ2) is 11.7. The molecule has 1 aromatic carbocycles. The molecule has 3 rings (SSSR count). The molecule has 2 unspecified atom stereocenters. The summed E-state index contributed by atoms with van der Waals surface area (Å²) in [6.45, 7) is 6.76. The molecule has 2 aliphatic rings. The molecule has 1 amide bonds. The first-order valence-corrected chi connectivity index (χ1v) is 9.56. The molecule has 0 radical (unpaired) electrons. The molecule has 2 fully saturated rings. The summed E-state index contributed by atoms with van der Waals surface area (Å²) in [7, 11) is 1.72. The number of piperidine rings is 1. The van der Waals surface area contributed by atoms with Gasteiger partial charge < -0.3 is 15.4 Å². The van der Waals surface area contributed by atoms with Crippen molar-refractivity contribution in [2.75, 3.05) is 39.8 Å². The van der Waals surface area contributed by atoms with Crippen LogP contribution in [0, 0.1) is 11.8 Å². The average molecular weight is 418 g/mol. The molecule has 154 valence electrons. The number of halogens is 2. The van der Waals surface area contributed by atoms with Gasteiger partial charge in [-0.2, -0.15) is 0 Å². The Hall–Kier alpha value is -1.01. The zero-order valence-electron chi connectivity index (χ0n) is 16.3. The lowest BCUT2D eigenvalue weighted by atomic mass is 9.88. The van der Waals surface area contributed by atoms with E-state index in [4.69, 9.17) is 4.74 Å². The third kappa shape index (κ3) is 5.98. The number of hydrogen-bond acceptors (Lipinski definition) is 4. The van der Waals surface area contributed by atoms with E-state index >= 15 is 0 Å². The molecular formula is C20H33Cl2N3O2. The normalized spacial score (nSPS) is 19.6. The average Bonchev–Trinajstić information content (AvgIpc) is 2.61. The van der Waals surface area contributed by atoms with Gasteiger partial charge in [0.05, 0.1) is 13.2 Å². The van der Waals surface area contributed by atoms with Crippen LogP contribution < -0.4 is 15.4 Å². The Labute approximate surface area is 175 Å². The van der Waals surface area contributed by atoms with Gasteiger partial charge in [-0.1, -0.05) is 31.5 Å². The van der Waals surface area contributed by atoms with Gasteiger partial charge in [0.1, 0.15) is 5.75 Å². The van der Waals surface area contributed by atoms with Crippen molar-refractivity contribution in [3.8, 4) is 5.75 Å². The molecule has 5 nitrogen and oxygen atoms in total. The van der Waals surface area contributed by atoms with Gasteiger partial charge in [0, 0.05) is 18.0 Å². The highest BCUT2D eigenvalue weighted by atomic mass is 35.5. The standard InChI is InChI=1S/C20H31N3O2.2ClH/c1-15(16-12-21-13-16)20(24)22-14-18(23-10-6-3-7-11-23)17-8-4-5-9-19(17)25-2;;/h4-5,8-9,15-16,18,21H,3,6-7,10-14H2,1-2H3,(H,22,24);2*1H. The summed E-state index contributed by atoms with van der Waals surface area (Å²) in [4.78, 5) is 15.1. The maximum Gasteiger partial charge on any atom is 0.223 e. The fourth-order valence-corrected chi connectivity index (χ4v) is 3.84. The summed E-state index contributed by atoms with van der Waals surface area (Å²) >= 11 is 0. The number of likely N-dealkylation sites (tertiary alicyclic amines) is 1. The van der Waals surface area contributed by atoms with Gasteiger partial charge in [0.15, 0.2) is 0 Å². The summed E-state index contributed by atoms with van der Waals surface area (Å²) in [5, 5.41) is 6.46. The quantitative estimate of drug-likeness (QED) is 0.715. The van der Waals surface area contributed by atoms with Crippen molar-refractivity contribution in [2.45, 2.75) is 32.2 Å². The van der Waals surface area contributed by atoms with Crippen LogP contribution >= 0.6 is 24.8 Å². The van der Waals surface area contributed by atoms with Gasteiger partial charge >= 0.3 is 0 Å². The van der Waals surface area contributed by atoms with E-state index < -0.39 is 0 Å². The van der Waals surface area contributed by atoms with Crippen molar-refractivity contribution in [3.63, 3.8) is 0 Å². The van der Waals surface area contributed by atoms with Gasteiger partial charge in [-0.3, -0.25) is 9.69 Å². The summed E-state index contributed by atoms with van der Waals surface area (Å²) in [5.74, 6) is 1.62. The van der Waals surface area contributed by atoms with E-state index in [-0.39, 0.29) is 42.7 Å². The van der Waals surface area contributed by atoms with Crippen molar-refractivity contribution in [1.82, 2.24) is 15.5 Å². The largest absolute Gasteiger partial charge is 0.496 e. The van der Waals surface area contributed by atoms with Gasteiger partial charge in [0.2, 0.25) is 5.91 Å². The molecule has 0 spiro atoms. The number of amides is 1. The number of para-hydroxylation sites is 1. The third-order valence-corrected chi connectivity index (χ3v) is 5.73. The molecule has 2 N–H and O–H groups in total. The van der Waals surface area contributed by atoms with Crippen molar-refractivity contribution in [3.05, 3.63) is 29.8 Å². The number of carbonyl (C=O) groups excluding carboxylic acids is 1. The second-order valence-electron chi connectivity index (χ2n) is 7.31. The number of methoxy groups -OCH3 is 1. The van der Waals surface area contributed by atoms with Crippen molar-refractivity contribution < 1.29 is 9.53 Å². The Kier molecular flexibility index (Phi) is 10.5. The van der Waals surface area contributed by atoms with E-state index in [1.54, 1.807) is 7.11 Å². The molecule has 0 saturated carbocycles. The van der Waals surface area contributed by atoms with Crippen LogP contribution in [0.1, 0.15) is 37.8 Å². The topological polar surface area (TPSA) is 53.6 Å². The van der Waals surface area contributed by atoms with Gasteiger partial charge in [-0.05, 0) is 51.0 Å². The molecule has 0 bridgehead atoms. The highest BCUT2D eigenvalue weighted by Crippen LogP contribution is 2.31. The van der Waals surface area contributed by atoms with Crippen molar-refractivity contribution >= 4 is 30.7 Å². The minimum absolute atomic E-state index is 0. The molecular weight excluding hydrogens is 385 g/mol. The number of rotatable bonds is 7. The number of nitrogens with one attached hydrogen (secondary N) is 2. The summed E-state index contributed by atoms with van der Waals surface area (Å²) in [5.41, 5.74) is 1.17. The molecule has 27 heavy (non-hydrogen) atoms. The zero-order chi connectivity index (χ0) is 17.6. The Morgan fingerprint density at radius 2 is 1.89 bits per heavy atom. The predicted molar refractivity (Wildman–Crippen MR) is 114 cm³/mol. The van der Waals surface area contributed by atoms with E-state index in [0.717, 1.165) is 31.9 Å². The van der Waals surface area contributed by atoms with Crippen molar-refractivity contribution in [1.29, 1.82) is 0 Å². The van der Waals surface area contributed by atoms with E-state index in [0.29, 0.717) is 12.5 Å². The number of benzene rings is 1. The molecule has 0 aromatic heterocycles. The van der Waals surface area contributed by atoms with E-state index in [1.165, 1.54) is 24.8 Å². The lowest BCUT2D eigenvalue weighted by molar-refractivity contribution is -0.127. The highest BCUT2D eigenvalue weighted by molar-refractivity contribution is 5.85. The Morgan fingerprint density at radius 3 is 2.48 bits per heavy atom. The van der Waals surface area contributed by atoms with Gasteiger partial charge in [0.25, 0.3) is 0 Å². The lowest BCUT2D eigenvalue weighted by Crippen LogP contribution is -2.50. The van der Waals surface area contributed by atoms with Crippen LogP contribution in [0.4, 0.5) is 0 Å². The maximum atomic E-state index is 12.6. The van der Waals surface area contributed by atoms with Crippen molar-refractivity contribution in [2.24, 2.45) is 11.8 Å². The van der Waals surface area contributed by atoms with Gasteiger partial charge in [-0.15, -0.1) is 24.8 Å². The SMILES string of the molecule is COc1ccccc1C(CNC(=O)C(C)C1CNC1)N1CCCCC1.Cl.Cl. The second-order valence-corrected chi connectivity index (χ2v) is 7.31. The smallest absolute Gasteiger partial charge is 0.223 e. The third-order valence-electron chi connectivity index (χ3n) is 5.73. The minimum Gasteiger partial charge on any atom is -0.496 e. The first kappa shape index (κ1) is 24.0. The van der Waals surface area contributed by atoms with E-state index in [1.807, 2.05) is 19.1 Å². The van der Waals surface area contributed by atoms with Crippen LogP contribution in [-0.2, 0) is 4.79 Å². The first-order chi connectivity index (χ1) is 12.2.